The second kappa shape index (κ2) is 4.84. The molecule has 0 N–H and O–H groups in total. The third kappa shape index (κ3) is 2.03. The molecule has 1 heterocycles. The molecule has 86 valence electrons. The van der Waals surface area contributed by atoms with Crippen molar-refractivity contribution in [3.8, 4) is 16.9 Å². The van der Waals surface area contributed by atoms with Crippen molar-refractivity contribution in [2.45, 2.75) is 0 Å². The van der Waals surface area contributed by atoms with Crippen LogP contribution in [-0.2, 0) is 0 Å². The van der Waals surface area contributed by atoms with Gasteiger partial charge in [0.2, 0.25) is 11.4 Å². The van der Waals surface area contributed by atoms with Gasteiger partial charge in [-0.1, -0.05) is 36.4 Å². The fourth-order valence-electron chi connectivity index (χ4n) is 2.10. The number of benzene rings is 2. The molecule has 1 heteroatoms. The maximum Gasteiger partial charge on any atom is 0.218 e. The van der Waals surface area contributed by atoms with Crippen LogP contribution in [0.3, 0.4) is 0 Å². The largest absolute Gasteiger partial charge is 0.218 e. The van der Waals surface area contributed by atoms with Gasteiger partial charge in [-0.2, -0.15) is 4.57 Å². The minimum atomic E-state index is 1.18. The second-order valence-corrected chi connectivity index (χ2v) is 4.16. The molecule has 18 heavy (non-hydrogen) atoms. The molecule has 1 nitrogen and oxygen atoms in total. The zero-order valence-electron chi connectivity index (χ0n) is 10.0. The first-order valence-corrected chi connectivity index (χ1v) is 6.07. The van der Waals surface area contributed by atoms with E-state index in [-0.39, 0.29) is 0 Å². The van der Waals surface area contributed by atoms with E-state index in [2.05, 4.69) is 77.5 Å². The zero-order valence-corrected chi connectivity index (χ0v) is 10.0. The van der Waals surface area contributed by atoms with Crippen LogP contribution in [0.15, 0.2) is 85.1 Å². The molecular formula is C17H14N+. The molecule has 0 amide bonds. The minimum absolute atomic E-state index is 1.18. The maximum atomic E-state index is 2.20. The summed E-state index contributed by atoms with van der Waals surface area (Å²) in [7, 11) is 0. The number of para-hydroxylation sites is 1. The number of pyridine rings is 1. The minimum Gasteiger partial charge on any atom is -0.160 e. The van der Waals surface area contributed by atoms with E-state index in [1.165, 1.54) is 16.9 Å². The summed E-state index contributed by atoms with van der Waals surface area (Å²) in [6, 6.07) is 27.1. The van der Waals surface area contributed by atoms with Crippen LogP contribution in [0.25, 0.3) is 16.9 Å². The number of hydrogen-bond donors (Lipinski definition) is 0. The summed E-state index contributed by atoms with van der Waals surface area (Å²) in [5, 5.41) is 0. The molecule has 0 radical (unpaired) electrons. The Morgan fingerprint density at radius 2 is 1.17 bits per heavy atom. The molecule has 0 aliphatic heterocycles. The van der Waals surface area contributed by atoms with Crippen LogP contribution in [0.2, 0.25) is 0 Å². The lowest BCUT2D eigenvalue weighted by Crippen LogP contribution is -2.32. The Morgan fingerprint density at radius 3 is 1.89 bits per heavy atom. The fraction of sp³-hybridized carbons (Fsp3) is 0. The predicted molar refractivity (Wildman–Crippen MR) is 73.4 cm³/mol. The van der Waals surface area contributed by atoms with Gasteiger partial charge in [0, 0.05) is 29.8 Å². The van der Waals surface area contributed by atoms with E-state index < -0.39 is 0 Å². The smallest absolute Gasteiger partial charge is 0.160 e. The van der Waals surface area contributed by atoms with Crippen molar-refractivity contribution in [1.29, 1.82) is 0 Å². The summed E-state index contributed by atoms with van der Waals surface area (Å²) in [5.41, 5.74) is 3.60. The van der Waals surface area contributed by atoms with E-state index in [9.17, 15) is 0 Å². The highest BCUT2D eigenvalue weighted by Crippen LogP contribution is 2.15. The number of rotatable bonds is 2. The average Bonchev–Trinajstić information content (AvgIpc) is 2.49. The molecule has 0 bridgehead atoms. The third-order valence-electron chi connectivity index (χ3n) is 2.96. The lowest BCUT2D eigenvalue weighted by Gasteiger charge is -2.02. The number of nitrogens with zero attached hydrogens (tertiary/aromatic N) is 1. The van der Waals surface area contributed by atoms with Crippen molar-refractivity contribution >= 4 is 0 Å². The summed E-state index contributed by atoms with van der Waals surface area (Å²) in [5.74, 6) is 0. The Labute approximate surface area is 107 Å². The van der Waals surface area contributed by atoms with Crippen molar-refractivity contribution < 1.29 is 4.57 Å². The van der Waals surface area contributed by atoms with E-state index in [1.54, 1.807) is 0 Å². The first-order valence-electron chi connectivity index (χ1n) is 6.07. The number of hydrogen-bond acceptors (Lipinski definition) is 0. The quantitative estimate of drug-likeness (QED) is 0.594. The topological polar surface area (TPSA) is 3.88 Å². The van der Waals surface area contributed by atoms with Crippen LogP contribution in [0.5, 0.6) is 0 Å². The van der Waals surface area contributed by atoms with Gasteiger partial charge in [0.1, 0.15) is 0 Å². The molecule has 2 aromatic carbocycles. The molecule has 3 rings (SSSR count). The Morgan fingerprint density at radius 1 is 0.556 bits per heavy atom. The normalized spacial score (nSPS) is 10.2. The van der Waals surface area contributed by atoms with Crippen molar-refractivity contribution in [1.82, 2.24) is 0 Å². The Kier molecular flexibility index (Phi) is 2.89. The summed E-state index contributed by atoms with van der Waals surface area (Å²) in [4.78, 5) is 0. The van der Waals surface area contributed by atoms with E-state index in [1.807, 2.05) is 12.1 Å². The van der Waals surface area contributed by atoms with E-state index in [4.69, 9.17) is 0 Å². The molecular weight excluding hydrogens is 218 g/mol. The van der Waals surface area contributed by atoms with Crippen molar-refractivity contribution in [2.24, 2.45) is 0 Å². The van der Waals surface area contributed by atoms with Crippen LogP contribution < -0.4 is 4.57 Å². The molecule has 0 saturated heterocycles. The Balaban J connectivity index is 2.18. The van der Waals surface area contributed by atoms with E-state index in [0.29, 0.717) is 0 Å². The van der Waals surface area contributed by atoms with Crippen LogP contribution in [0.1, 0.15) is 0 Å². The molecule has 3 aromatic rings. The standard InChI is InChI=1S/C17H14N/c1-3-9-15(10-4-1)17-13-7-8-14-18(17)16-11-5-2-6-12-16/h1-14H/q+1. The summed E-state index contributed by atoms with van der Waals surface area (Å²) in [6.07, 6.45) is 2.09. The van der Waals surface area contributed by atoms with Crippen molar-refractivity contribution in [3.05, 3.63) is 85.1 Å². The molecule has 0 saturated carbocycles. The average molecular weight is 232 g/mol. The SMILES string of the molecule is c1ccc(-c2cccc[n+]2-c2ccccc2)cc1. The van der Waals surface area contributed by atoms with Gasteiger partial charge in [-0.15, -0.1) is 0 Å². The second-order valence-electron chi connectivity index (χ2n) is 4.16. The van der Waals surface area contributed by atoms with Crippen LogP contribution in [-0.4, -0.2) is 0 Å². The van der Waals surface area contributed by atoms with Crippen molar-refractivity contribution in [2.75, 3.05) is 0 Å². The molecule has 0 spiro atoms. The molecule has 0 fully saturated rings. The summed E-state index contributed by atoms with van der Waals surface area (Å²) < 4.78 is 2.20. The summed E-state index contributed by atoms with van der Waals surface area (Å²) in [6.45, 7) is 0. The van der Waals surface area contributed by atoms with Crippen LogP contribution in [0.4, 0.5) is 0 Å². The Bertz CT molecular complexity index is 572. The molecule has 0 unspecified atom stereocenters. The third-order valence-corrected chi connectivity index (χ3v) is 2.96. The lowest BCUT2D eigenvalue weighted by molar-refractivity contribution is -0.584. The van der Waals surface area contributed by atoms with Gasteiger partial charge in [0.25, 0.3) is 0 Å². The maximum absolute atomic E-state index is 2.20. The highest BCUT2D eigenvalue weighted by atomic mass is 15.0. The monoisotopic (exact) mass is 232 g/mol. The van der Waals surface area contributed by atoms with Crippen LogP contribution >= 0.6 is 0 Å². The lowest BCUT2D eigenvalue weighted by atomic mass is 10.1. The highest BCUT2D eigenvalue weighted by Gasteiger charge is 2.13. The molecule has 0 atom stereocenters. The van der Waals surface area contributed by atoms with E-state index >= 15 is 0 Å². The van der Waals surface area contributed by atoms with Gasteiger partial charge in [0.15, 0.2) is 6.20 Å². The first kappa shape index (κ1) is 10.7. The van der Waals surface area contributed by atoms with Crippen molar-refractivity contribution in [3.63, 3.8) is 0 Å². The molecule has 0 aliphatic carbocycles. The van der Waals surface area contributed by atoms with Crippen LogP contribution in [0, 0.1) is 0 Å². The van der Waals surface area contributed by atoms with E-state index in [0.717, 1.165) is 0 Å². The molecule has 1 aromatic heterocycles. The van der Waals surface area contributed by atoms with Gasteiger partial charge >= 0.3 is 0 Å². The van der Waals surface area contributed by atoms with Gasteiger partial charge in [-0.3, -0.25) is 0 Å². The summed E-state index contributed by atoms with van der Waals surface area (Å²) >= 11 is 0. The van der Waals surface area contributed by atoms with Gasteiger partial charge in [0.05, 0.1) is 0 Å². The highest BCUT2D eigenvalue weighted by molar-refractivity contribution is 5.56. The first-order chi connectivity index (χ1) is 8.95. The van der Waals surface area contributed by atoms with Gasteiger partial charge in [-0.25, -0.2) is 0 Å². The molecule has 0 aliphatic rings. The number of aromatic nitrogens is 1. The Hall–Kier alpha value is -2.41. The van der Waals surface area contributed by atoms with Gasteiger partial charge in [-0.05, 0) is 18.2 Å². The zero-order chi connectivity index (χ0) is 12.2. The fourth-order valence-corrected chi connectivity index (χ4v) is 2.10. The predicted octanol–water partition coefficient (Wildman–Crippen LogP) is 3.63. The van der Waals surface area contributed by atoms with Gasteiger partial charge < -0.3 is 0 Å².